The number of thioether (sulfide) groups is 1. The van der Waals surface area contributed by atoms with Gasteiger partial charge in [0.2, 0.25) is 5.91 Å². The quantitative estimate of drug-likeness (QED) is 0.303. The normalized spacial score (nSPS) is 11.8. The molecular formula is C26H25N3O3S. The summed E-state index contributed by atoms with van der Waals surface area (Å²) in [4.78, 5) is 31.1. The standard InChI is InChI=1S/C26H25N3O3S/c1-4-32-23-12-8-7-11-22(23)27-24(30)18(3)33-26-28-21-10-6-5-9-20(21)25(31)29(26)19-15-13-17(2)14-16-19/h5-16,18H,4H2,1-3H3,(H,27,30). The third-order valence-corrected chi connectivity index (χ3v) is 6.19. The number of para-hydroxylation sites is 3. The van der Waals surface area contributed by atoms with Gasteiger partial charge < -0.3 is 10.1 Å². The molecule has 0 spiro atoms. The summed E-state index contributed by atoms with van der Waals surface area (Å²) in [5, 5.41) is 3.42. The van der Waals surface area contributed by atoms with Gasteiger partial charge in [0, 0.05) is 0 Å². The number of anilines is 1. The van der Waals surface area contributed by atoms with Crippen LogP contribution in [0.4, 0.5) is 5.69 Å². The van der Waals surface area contributed by atoms with E-state index >= 15 is 0 Å². The molecule has 0 aliphatic heterocycles. The van der Waals surface area contributed by atoms with E-state index in [1.807, 2.05) is 74.5 Å². The number of carbonyl (C=O) groups excluding carboxylic acids is 1. The van der Waals surface area contributed by atoms with E-state index < -0.39 is 5.25 Å². The number of hydrogen-bond donors (Lipinski definition) is 1. The summed E-state index contributed by atoms with van der Waals surface area (Å²) in [6, 6.07) is 22.2. The average molecular weight is 460 g/mol. The van der Waals surface area contributed by atoms with Crippen LogP contribution < -0.4 is 15.6 Å². The smallest absolute Gasteiger partial charge is 0.266 e. The Balaban J connectivity index is 1.69. The highest BCUT2D eigenvalue weighted by molar-refractivity contribution is 8.00. The summed E-state index contributed by atoms with van der Waals surface area (Å²) < 4.78 is 7.18. The van der Waals surface area contributed by atoms with E-state index in [1.165, 1.54) is 11.8 Å². The van der Waals surface area contributed by atoms with Gasteiger partial charge in [-0.15, -0.1) is 0 Å². The van der Waals surface area contributed by atoms with Gasteiger partial charge in [0.05, 0.1) is 34.1 Å². The molecule has 4 rings (SSSR count). The fraction of sp³-hybridized carbons (Fsp3) is 0.192. The molecule has 1 heterocycles. The Morgan fingerprint density at radius 3 is 2.52 bits per heavy atom. The molecule has 6 nitrogen and oxygen atoms in total. The summed E-state index contributed by atoms with van der Waals surface area (Å²) in [7, 11) is 0. The number of nitrogens with zero attached hydrogens (tertiary/aromatic N) is 2. The summed E-state index contributed by atoms with van der Waals surface area (Å²) in [5.74, 6) is 0.413. The molecule has 0 aliphatic rings. The van der Waals surface area contributed by atoms with Crippen molar-refractivity contribution in [3.05, 3.63) is 88.7 Å². The van der Waals surface area contributed by atoms with Gasteiger partial charge in [-0.05, 0) is 57.2 Å². The van der Waals surface area contributed by atoms with Gasteiger partial charge in [-0.3, -0.25) is 14.2 Å². The minimum atomic E-state index is -0.510. The Morgan fingerprint density at radius 1 is 1.06 bits per heavy atom. The molecule has 4 aromatic rings. The zero-order chi connectivity index (χ0) is 23.4. The highest BCUT2D eigenvalue weighted by Gasteiger charge is 2.21. The number of aryl methyl sites for hydroxylation is 1. The summed E-state index contributed by atoms with van der Waals surface area (Å²) in [6.07, 6.45) is 0. The van der Waals surface area contributed by atoms with Crippen LogP contribution in [0.15, 0.2) is 82.7 Å². The number of ether oxygens (including phenoxy) is 1. The maximum absolute atomic E-state index is 13.4. The van der Waals surface area contributed by atoms with Crippen molar-refractivity contribution in [1.82, 2.24) is 9.55 Å². The number of benzene rings is 3. The van der Waals surface area contributed by atoms with Crippen molar-refractivity contribution in [2.45, 2.75) is 31.2 Å². The van der Waals surface area contributed by atoms with Crippen molar-refractivity contribution in [1.29, 1.82) is 0 Å². The highest BCUT2D eigenvalue weighted by atomic mass is 32.2. The Kier molecular flexibility index (Phi) is 6.79. The number of amides is 1. The van der Waals surface area contributed by atoms with Crippen molar-refractivity contribution in [3.8, 4) is 11.4 Å². The molecule has 1 unspecified atom stereocenters. The van der Waals surface area contributed by atoms with Gasteiger partial charge in [0.15, 0.2) is 5.16 Å². The number of fused-ring (bicyclic) bond motifs is 1. The number of carbonyl (C=O) groups is 1. The maximum atomic E-state index is 13.4. The second-order valence-corrected chi connectivity index (χ2v) is 8.87. The lowest BCUT2D eigenvalue weighted by Gasteiger charge is -2.17. The number of nitrogens with one attached hydrogen (secondary N) is 1. The summed E-state index contributed by atoms with van der Waals surface area (Å²) >= 11 is 1.24. The Labute approximate surface area is 196 Å². The largest absolute Gasteiger partial charge is 0.492 e. The van der Waals surface area contributed by atoms with E-state index in [-0.39, 0.29) is 11.5 Å². The SMILES string of the molecule is CCOc1ccccc1NC(=O)C(C)Sc1nc2ccccc2c(=O)n1-c1ccc(C)cc1. The number of hydrogen-bond acceptors (Lipinski definition) is 5. The van der Waals surface area contributed by atoms with Gasteiger partial charge in [0.1, 0.15) is 5.75 Å². The highest BCUT2D eigenvalue weighted by Crippen LogP contribution is 2.28. The number of aromatic nitrogens is 2. The van der Waals surface area contributed by atoms with Gasteiger partial charge >= 0.3 is 0 Å². The van der Waals surface area contributed by atoms with Gasteiger partial charge in [-0.1, -0.05) is 53.7 Å². The maximum Gasteiger partial charge on any atom is 0.266 e. The second kappa shape index (κ2) is 9.92. The van der Waals surface area contributed by atoms with Crippen LogP contribution in [0.25, 0.3) is 16.6 Å². The lowest BCUT2D eigenvalue weighted by molar-refractivity contribution is -0.115. The van der Waals surface area contributed by atoms with Crippen LogP contribution in [-0.2, 0) is 4.79 Å². The third-order valence-electron chi connectivity index (χ3n) is 5.13. The van der Waals surface area contributed by atoms with E-state index in [2.05, 4.69) is 5.32 Å². The van der Waals surface area contributed by atoms with E-state index in [0.29, 0.717) is 39.8 Å². The first-order valence-electron chi connectivity index (χ1n) is 10.8. The molecule has 1 atom stereocenters. The lowest BCUT2D eigenvalue weighted by atomic mass is 10.2. The zero-order valence-electron chi connectivity index (χ0n) is 18.7. The molecule has 0 saturated carbocycles. The fourth-order valence-electron chi connectivity index (χ4n) is 3.41. The van der Waals surface area contributed by atoms with Crippen LogP contribution in [0.5, 0.6) is 5.75 Å². The molecule has 0 bridgehead atoms. The Morgan fingerprint density at radius 2 is 1.76 bits per heavy atom. The monoisotopic (exact) mass is 459 g/mol. The molecule has 33 heavy (non-hydrogen) atoms. The third kappa shape index (κ3) is 4.93. The van der Waals surface area contributed by atoms with Gasteiger partial charge in [-0.2, -0.15) is 0 Å². The first-order valence-corrected chi connectivity index (χ1v) is 11.6. The minimum absolute atomic E-state index is 0.166. The van der Waals surface area contributed by atoms with Crippen molar-refractivity contribution in [2.24, 2.45) is 0 Å². The predicted octanol–water partition coefficient (Wildman–Crippen LogP) is 5.21. The van der Waals surface area contributed by atoms with Crippen molar-refractivity contribution in [2.75, 3.05) is 11.9 Å². The molecule has 0 radical (unpaired) electrons. The van der Waals surface area contributed by atoms with Gasteiger partial charge in [-0.25, -0.2) is 4.98 Å². The van der Waals surface area contributed by atoms with Crippen LogP contribution >= 0.6 is 11.8 Å². The van der Waals surface area contributed by atoms with E-state index in [0.717, 1.165) is 5.56 Å². The second-order valence-electron chi connectivity index (χ2n) is 7.57. The Bertz CT molecular complexity index is 1350. The zero-order valence-corrected chi connectivity index (χ0v) is 19.6. The van der Waals surface area contributed by atoms with Crippen molar-refractivity contribution < 1.29 is 9.53 Å². The topological polar surface area (TPSA) is 73.2 Å². The van der Waals surface area contributed by atoms with Crippen LogP contribution in [0.3, 0.4) is 0 Å². The van der Waals surface area contributed by atoms with E-state index in [9.17, 15) is 9.59 Å². The molecular weight excluding hydrogens is 434 g/mol. The van der Waals surface area contributed by atoms with Crippen LogP contribution in [-0.4, -0.2) is 27.3 Å². The molecule has 1 amide bonds. The van der Waals surface area contributed by atoms with Crippen LogP contribution in [0.1, 0.15) is 19.4 Å². The molecule has 0 fully saturated rings. The van der Waals surface area contributed by atoms with Crippen LogP contribution in [0.2, 0.25) is 0 Å². The van der Waals surface area contributed by atoms with E-state index in [4.69, 9.17) is 9.72 Å². The number of rotatable bonds is 7. The van der Waals surface area contributed by atoms with Crippen molar-refractivity contribution in [3.63, 3.8) is 0 Å². The minimum Gasteiger partial charge on any atom is -0.492 e. The average Bonchev–Trinajstić information content (AvgIpc) is 2.81. The molecule has 1 aromatic heterocycles. The van der Waals surface area contributed by atoms with Crippen molar-refractivity contribution >= 4 is 34.3 Å². The van der Waals surface area contributed by atoms with E-state index in [1.54, 1.807) is 23.6 Å². The first-order chi connectivity index (χ1) is 16.0. The first kappa shape index (κ1) is 22.6. The van der Waals surface area contributed by atoms with Crippen LogP contribution in [0, 0.1) is 6.92 Å². The summed E-state index contributed by atoms with van der Waals surface area (Å²) in [6.45, 7) is 6.19. The molecule has 0 saturated heterocycles. The molecule has 168 valence electrons. The van der Waals surface area contributed by atoms with Gasteiger partial charge in [0.25, 0.3) is 5.56 Å². The molecule has 0 aliphatic carbocycles. The lowest BCUT2D eigenvalue weighted by Crippen LogP contribution is -2.26. The predicted molar refractivity (Wildman–Crippen MR) is 134 cm³/mol. The molecule has 7 heteroatoms. The molecule has 3 aromatic carbocycles. The fourth-order valence-corrected chi connectivity index (χ4v) is 4.34. The summed E-state index contributed by atoms with van der Waals surface area (Å²) in [5.41, 5.74) is 2.85. The molecule has 1 N–H and O–H groups in total. The Hall–Kier alpha value is -3.58.